The first-order valence-electron chi connectivity index (χ1n) is 6.28. The standard InChI is InChI=1S/C14H18O3/c1-15-12-7-5-10(6-8-12)14-16-9-11-3-2-4-13(11)17-14/h5-8,11,13-14H,2-4,9H2,1H3/t11-,13-,14?/m0/s1. The zero-order chi connectivity index (χ0) is 11.7. The van der Waals surface area contributed by atoms with E-state index in [9.17, 15) is 0 Å². The van der Waals surface area contributed by atoms with Crippen LogP contribution in [0.2, 0.25) is 0 Å². The average Bonchev–Trinajstić information content (AvgIpc) is 2.86. The zero-order valence-corrected chi connectivity index (χ0v) is 10.1. The van der Waals surface area contributed by atoms with Gasteiger partial charge in [0, 0.05) is 11.5 Å². The summed E-state index contributed by atoms with van der Waals surface area (Å²) in [4.78, 5) is 0. The van der Waals surface area contributed by atoms with Gasteiger partial charge in [-0.05, 0) is 25.0 Å². The molecule has 3 rings (SSSR count). The fraction of sp³-hybridized carbons (Fsp3) is 0.571. The highest BCUT2D eigenvalue weighted by molar-refractivity contribution is 5.28. The lowest BCUT2D eigenvalue weighted by Crippen LogP contribution is -2.32. The molecule has 1 unspecified atom stereocenters. The normalized spacial score (nSPS) is 32.2. The number of fused-ring (bicyclic) bond motifs is 1. The minimum absolute atomic E-state index is 0.194. The molecule has 1 saturated carbocycles. The summed E-state index contributed by atoms with van der Waals surface area (Å²) in [7, 11) is 1.67. The number of methoxy groups -OCH3 is 1. The predicted octanol–water partition coefficient (Wildman–Crippen LogP) is 2.91. The first kappa shape index (κ1) is 11.1. The maximum Gasteiger partial charge on any atom is 0.184 e. The maximum atomic E-state index is 6.01. The lowest BCUT2D eigenvalue weighted by Gasteiger charge is -2.32. The molecule has 1 aromatic carbocycles. The molecule has 0 N–H and O–H groups in total. The second-order valence-corrected chi connectivity index (χ2v) is 4.80. The summed E-state index contributed by atoms with van der Waals surface area (Å²) >= 11 is 0. The van der Waals surface area contributed by atoms with E-state index in [-0.39, 0.29) is 6.29 Å². The van der Waals surface area contributed by atoms with E-state index in [2.05, 4.69) is 0 Å². The quantitative estimate of drug-likeness (QED) is 0.787. The highest BCUT2D eigenvalue weighted by atomic mass is 16.7. The molecule has 1 aliphatic heterocycles. The average molecular weight is 234 g/mol. The summed E-state index contributed by atoms with van der Waals surface area (Å²) in [6.45, 7) is 0.835. The second kappa shape index (κ2) is 4.67. The number of rotatable bonds is 2. The van der Waals surface area contributed by atoms with Gasteiger partial charge >= 0.3 is 0 Å². The Kier molecular flexibility index (Phi) is 3.04. The second-order valence-electron chi connectivity index (χ2n) is 4.80. The van der Waals surface area contributed by atoms with Crippen LogP contribution in [0.15, 0.2) is 24.3 Å². The first-order chi connectivity index (χ1) is 8.36. The van der Waals surface area contributed by atoms with E-state index < -0.39 is 0 Å². The summed E-state index contributed by atoms with van der Waals surface area (Å²) in [5, 5.41) is 0. The van der Waals surface area contributed by atoms with Crippen LogP contribution in [-0.4, -0.2) is 19.8 Å². The van der Waals surface area contributed by atoms with E-state index in [4.69, 9.17) is 14.2 Å². The van der Waals surface area contributed by atoms with Crippen molar-refractivity contribution in [3.05, 3.63) is 29.8 Å². The van der Waals surface area contributed by atoms with Crippen LogP contribution in [0.5, 0.6) is 5.75 Å². The minimum atomic E-state index is -0.194. The minimum Gasteiger partial charge on any atom is -0.497 e. The van der Waals surface area contributed by atoms with E-state index in [0.717, 1.165) is 17.9 Å². The fourth-order valence-electron chi connectivity index (χ4n) is 2.72. The van der Waals surface area contributed by atoms with Gasteiger partial charge in [-0.15, -0.1) is 0 Å². The van der Waals surface area contributed by atoms with Gasteiger partial charge in [0.2, 0.25) is 0 Å². The van der Waals surface area contributed by atoms with Gasteiger partial charge in [-0.25, -0.2) is 0 Å². The third kappa shape index (κ3) is 2.17. The molecule has 0 aromatic heterocycles. The van der Waals surface area contributed by atoms with Crippen LogP contribution in [-0.2, 0) is 9.47 Å². The third-order valence-corrected chi connectivity index (χ3v) is 3.74. The van der Waals surface area contributed by atoms with Crippen LogP contribution in [0.3, 0.4) is 0 Å². The number of ether oxygens (including phenoxy) is 3. The smallest absolute Gasteiger partial charge is 0.184 e. The van der Waals surface area contributed by atoms with Gasteiger partial charge in [-0.3, -0.25) is 0 Å². The molecule has 1 saturated heterocycles. The highest BCUT2D eigenvalue weighted by Crippen LogP contribution is 2.38. The molecular weight excluding hydrogens is 216 g/mol. The van der Waals surface area contributed by atoms with Gasteiger partial charge < -0.3 is 14.2 Å². The molecule has 2 fully saturated rings. The molecular formula is C14H18O3. The van der Waals surface area contributed by atoms with Crippen LogP contribution in [0.25, 0.3) is 0 Å². The molecule has 1 aliphatic carbocycles. The molecule has 2 aliphatic rings. The summed E-state index contributed by atoms with van der Waals surface area (Å²) in [6.07, 6.45) is 3.91. The molecule has 17 heavy (non-hydrogen) atoms. The topological polar surface area (TPSA) is 27.7 Å². The van der Waals surface area contributed by atoms with Gasteiger partial charge in [0.15, 0.2) is 6.29 Å². The summed E-state index contributed by atoms with van der Waals surface area (Å²) in [5.41, 5.74) is 1.08. The van der Waals surface area contributed by atoms with Gasteiger partial charge in [0.05, 0.1) is 19.8 Å². The largest absolute Gasteiger partial charge is 0.497 e. The Morgan fingerprint density at radius 1 is 1.18 bits per heavy atom. The van der Waals surface area contributed by atoms with Crippen molar-refractivity contribution in [1.29, 1.82) is 0 Å². The molecule has 1 aromatic rings. The van der Waals surface area contributed by atoms with Crippen molar-refractivity contribution < 1.29 is 14.2 Å². The number of hydrogen-bond acceptors (Lipinski definition) is 3. The Labute approximate surface area is 102 Å². The monoisotopic (exact) mass is 234 g/mol. The Hall–Kier alpha value is -1.06. The molecule has 3 atom stereocenters. The van der Waals surface area contributed by atoms with Gasteiger partial charge in [0.25, 0.3) is 0 Å². The zero-order valence-electron chi connectivity index (χ0n) is 10.1. The molecule has 0 amide bonds. The number of hydrogen-bond donors (Lipinski definition) is 0. The van der Waals surface area contributed by atoms with Crippen molar-refractivity contribution >= 4 is 0 Å². The van der Waals surface area contributed by atoms with E-state index in [1.54, 1.807) is 7.11 Å². The third-order valence-electron chi connectivity index (χ3n) is 3.74. The van der Waals surface area contributed by atoms with Crippen LogP contribution in [0, 0.1) is 5.92 Å². The molecule has 1 heterocycles. The molecule has 3 nitrogen and oxygen atoms in total. The first-order valence-corrected chi connectivity index (χ1v) is 6.28. The van der Waals surface area contributed by atoms with Crippen molar-refractivity contribution in [2.24, 2.45) is 5.92 Å². The Bertz CT molecular complexity index is 374. The van der Waals surface area contributed by atoms with Crippen molar-refractivity contribution in [1.82, 2.24) is 0 Å². The van der Waals surface area contributed by atoms with Crippen LogP contribution in [0.1, 0.15) is 31.1 Å². The Morgan fingerprint density at radius 2 is 2.00 bits per heavy atom. The summed E-state index contributed by atoms with van der Waals surface area (Å²) in [6, 6.07) is 7.92. The van der Waals surface area contributed by atoms with Gasteiger partial charge in [0.1, 0.15) is 5.75 Å². The Balaban J connectivity index is 1.71. The van der Waals surface area contributed by atoms with Crippen LogP contribution >= 0.6 is 0 Å². The molecule has 0 bridgehead atoms. The van der Waals surface area contributed by atoms with Crippen LogP contribution < -0.4 is 4.74 Å². The van der Waals surface area contributed by atoms with E-state index >= 15 is 0 Å². The van der Waals surface area contributed by atoms with Gasteiger partial charge in [-0.1, -0.05) is 18.6 Å². The molecule has 3 heteroatoms. The molecule has 0 radical (unpaired) electrons. The molecule has 0 spiro atoms. The molecule has 92 valence electrons. The fourth-order valence-corrected chi connectivity index (χ4v) is 2.72. The van der Waals surface area contributed by atoms with Crippen molar-refractivity contribution in [3.8, 4) is 5.75 Å². The SMILES string of the molecule is COc1ccc(C2OC[C@@H]3CCC[C@@H]3O2)cc1. The lowest BCUT2D eigenvalue weighted by molar-refractivity contribution is -0.233. The summed E-state index contributed by atoms with van der Waals surface area (Å²) < 4.78 is 16.9. The summed E-state index contributed by atoms with van der Waals surface area (Å²) in [5.74, 6) is 1.48. The maximum absolute atomic E-state index is 6.01. The Morgan fingerprint density at radius 3 is 2.76 bits per heavy atom. The highest BCUT2D eigenvalue weighted by Gasteiger charge is 2.35. The van der Waals surface area contributed by atoms with E-state index in [1.165, 1.54) is 19.3 Å². The number of benzene rings is 1. The predicted molar refractivity (Wildman–Crippen MR) is 63.9 cm³/mol. The van der Waals surface area contributed by atoms with E-state index in [1.807, 2.05) is 24.3 Å². The van der Waals surface area contributed by atoms with E-state index in [0.29, 0.717) is 12.0 Å². The van der Waals surface area contributed by atoms with Gasteiger partial charge in [-0.2, -0.15) is 0 Å². The van der Waals surface area contributed by atoms with Crippen molar-refractivity contribution in [2.45, 2.75) is 31.7 Å². The van der Waals surface area contributed by atoms with Crippen molar-refractivity contribution in [3.63, 3.8) is 0 Å². The van der Waals surface area contributed by atoms with Crippen LogP contribution in [0.4, 0.5) is 0 Å². The van der Waals surface area contributed by atoms with Crippen molar-refractivity contribution in [2.75, 3.05) is 13.7 Å². The lowest BCUT2D eigenvalue weighted by atomic mass is 10.1.